The van der Waals surface area contributed by atoms with Crippen LogP contribution in [0.2, 0.25) is 0 Å². The lowest BCUT2D eigenvalue weighted by Gasteiger charge is -2.09. The molecule has 24 heavy (non-hydrogen) atoms. The van der Waals surface area contributed by atoms with Gasteiger partial charge in [-0.05, 0) is 30.3 Å². The van der Waals surface area contributed by atoms with E-state index in [2.05, 4.69) is 0 Å². The molecule has 4 heteroatoms. The molecule has 0 bridgehead atoms. The molecule has 0 unspecified atom stereocenters. The number of ketones is 1. The molecule has 0 N–H and O–H groups in total. The predicted molar refractivity (Wildman–Crippen MR) is 87.7 cm³/mol. The summed E-state index contributed by atoms with van der Waals surface area (Å²) >= 11 is 0. The molecule has 0 radical (unpaired) electrons. The molecule has 0 aliphatic rings. The van der Waals surface area contributed by atoms with Gasteiger partial charge in [0, 0.05) is 11.1 Å². The van der Waals surface area contributed by atoms with Crippen LogP contribution in [-0.4, -0.2) is 11.8 Å². The van der Waals surface area contributed by atoms with E-state index in [-0.39, 0.29) is 22.7 Å². The molecule has 0 fully saturated rings. The van der Waals surface area contributed by atoms with Gasteiger partial charge in [-0.3, -0.25) is 4.79 Å². The lowest BCUT2D eigenvalue weighted by molar-refractivity contribution is 0.0730. The summed E-state index contributed by atoms with van der Waals surface area (Å²) in [5, 5.41) is 0. The maximum Gasteiger partial charge on any atom is 0.344 e. The smallest absolute Gasteiger partial charge is 0.344 e. The van der Waals surface area contributed by atoms with Crippen molar-refractivity contribution in [3.63, 3.8) is 0 Å². The van der Waals surface area contributed by atoms with Crippen LogP contribution in [0, 0.1) is 5.82 Å². The molecule has 0 spiro atoms. The average Bonchev–Trinajstić information content (AvgIpc) is 2.63. The highest BCUT2D eigenvalue weighted by atomic mass is 19.1. The third-order valence-electron chi connectivity index (χ3n) is 3.45. The predicted octanol–water partition coefficient (Wildman–Crippen LogP) is 4.28. The molecule has 0 aliphatic carbocycles. The van der Waals surface area contributed by atoms with E-state index in [1.165, 1.54) is 30.3 Å². The standard InChI is InChI=1S/C20H13FO3/c21-15-10-12-16(13-11-15)24-20(23)18-9-5-4-8-17(18)19(22)14-6-2-1-3-7-14/h1-13H. The number of esters is 1. The van der Waals surface area contributed by atoms with Gasteiger partial charge in [-0.15, -0.1) is 0 Å². The Labute approximate surface area is 138 Å². The monoisotopic (exact) mass is 320 g/mol. The van der Waals surface area contributed by atoms with Crippen molar-refractivity contribution < 1.29 is 18.7 Å². The zero-order valence-corrected chi connectivity index (χ0v) is 12.6. The molecule has 3 rings (SSSR count). The Kier molecular flexibility index (Phi) is 4.47. The van der Waals surface area contributed by atoms with Gasteiger partial charge in [0.1, 0.15) is 11.6 Å². The molecule has 0 aliphatic heterocycles. The number of ether oxygens (including phenoxy) is 1. The first-order valence-electron chi connectivity index (χ1n) is 7.31. The van der Waals surface area contributed by atoms with E-state index in [1.807, 2.05) is 6.07 Å². The minimum atomic E-state index is -0.665. The summed E-state index contributed by atoms with van der Waals surface area (Å²) in [6.07, 6.45) is 0. The fraction of sp³-hybridized carbons (Fsp3) is 0. The Morgan fingerprint density at radius 1 is 0.708 bits per heavy atom. The lowest BCUT2D eigenvalue weighted by atomic mass is 9.98. The van der Waals surface area contributed by atoms with Gasteiger partial charge in [-0.1, -0.05) is 48.5 Å². The quantitative estimate of drug-likeness (QED) is 0.409. The molecule has 0 heterocycles. The lowest BCUT2D eigenvalue weighted by Crippen LogP contribution is -2.14. The molecule has 0 saturated carbocycles. The highest BCUT2D eigenvalue weighted by Crippen LogP contribution is 2.18. The van der Waals surface area contributed by atoms with Crippen molar-refractivity contribution in [2.24, 2.45) is 0 Å². The van der Waals surface area contributed by atoms with E-state index >= 15 is 0 Å². The van der Waals surface area contributed by atoms with Gasteiger partial charge in [0.05, 0.1) is 5.56 Å². The number of benzene rings is 3. The van der Waals surface area contributed by atoms with E-state index in [0.717, 1.165) is 0 Å². The summed E-state index contributed by atoms with van der Waals surface area (Å²) < 4.78 is 18.1. The van der Waals surface area contributed by atoms with Gasteiger partial charge in [0.15, 0.2) is 5.78 Å². The van der Waals surface area contributed by atoms with Crippen LogP contribution >= 0.6 is 0 Å². The highest BCUT2D eigenvalue weighted by Gasteiger charge is 2.19. The van der Waals surface area contributed by atoms with Crippen molar-refractivity contribution in [2.75, 3.05) is 0 Å². The summed E-state index contributed by atoms with van der Waals surface area (Å²) in [6, 6.07) is 20.3. The second kappa shape index (κ2) is 6.87. The van der Waals surface area contributed by atoms with E-state index in [0.29, 0.717) is 5.56 Å². The topological polar surface area (TPSA) is 43.4 Å². The Morgan fingerprint density at radius 2 is 1.29 bits per heavy atom. The van der Waals surface area contributed by atoms with Crippen molar-refractivity contribution >= 4 is 11.8 Å². The summed E-state index contributed by atoms with van der Waals surface area (Å²) in [7, 11) is 0. The Balaban J connectivity index is 1.90. The zero-order chi connectivity index (χ0) is 16.9. The number of carbonyl (C=O) groups is 2. The maximum absolute atomic E-state index is 12.9. The van der Waals surface area contributed by atoms with Crippen LogP contribution in [-0.2, 0) is 0 Å². The Morgan fingerprint density at radius 3 is 1.96 bits per heavy atom. The summed E-state index contributed by atoms with van der Waals surface area (Å²) in [4.78, 5) is 25.0. The van der Waals surface area contributed by atoms with Crippen molar-refractivity contribution in [3.05, 3.63) is 101 Å². The van der Waals surface area contributed by atoms with Gasteiger partial charge in [-0.25, -0.2) is 9.18 Å². The van der Waals surface area contributed by atoms with Crippen LogP contribution < -0.4 is 4.74 Å². The van der Waals surface area contributed by atoms with E-state index in [4.69, 9.17) is 4.74 Å². The second-order valence-corrected chi connectivity index (χ2v) is 5.08. The summed E-state index contributed by atoms with van der Waals surface area (Å²) in [5.74, 6) is -1.14. The summed E-state index contributed by atoms with van der Waals surface area (Å²) in [5.41, 5.74) is 0.908. The van der Waals surface area contributed by atoms with Crippen LogP contribution in [0.3, 0.4) is 0 Å². The molecule has 3 nitrogen and oxygen atoms in total. The Hall–Kier alpha value is -3.27. The first kappa shape index (κ1) is 15.6. The molecular weight excluding hydrogens is 307 g/mol. The molecular formula is C20H13FO3. The first-order valence-corrected chi connectivity index (χ1v) is 7.31. The van der Waals surface area contributed by atoms with Gasteiger partial charge in [0.25, 0.3) is 0 Å². The number of carbonyl (C=O) groups excluding carboxylic acids is 2. The number of hydrogen-bond donors (Lipinski definition) is 0. The minimum Gasteiger partial charge on any atom is -0.423 e. The molecule has 0 saturated heterocycles. The van der Waals surface area contributed by atoms with Crippen molar-refractivity contribution in [1.29, 1.82) is 0 Å². The molecule has 0 aromatic heterocycles. The third-order valence-corrected chi connectivity index (χ3v) is 3.45. The molecule has 0 amide bonds. The fourth-order valence-electron chi connectivity index (χ4n) is 2.27. The number of rotatable bonds is 4. The van der Waals surface area contributed by atoms with Gasteiger partial charge in [-0.2, -0.15) is 0 Å². The molecule has 3 aromatic rings. The van der Waals surface area contributed by atoms with E-state index < -0.39 is 11.8 Å². The molecule has 0 atom stereocenters. The summed E-state index contributed by atoms with van der Waals surface area (Å²) in [6.45, 7) is 0. The van der Waals surface area contributed by atoms with E-state index in [9.17, 15) is 14.0 Å². The zero-order valence-electron chi connectivity index (χ0n) is 12.6. The highest BCUT2D eigenvalue weighted by molar-refractivity contribution is 6.14. The first-order chi connectivity index (χ1) is 11.6. The largest absolute Gasteiger partial charge is 0.423 e. The van der Waals surface area contributed by atoms with Crippen molar-refractivity contribution in [3.8, 4) is 5.75 Å². The van der Waals surface area contributed by atoms with Crippen LogP contribution in [0.5, 0.6) is 5.75 Å². The normalized spacial score (nSPS) is 10.2. The van der Waals surface area contributed by atoms with Crippen LogP contribution in [0.25, 0.3) is 0 Å². The minimum absolute atomic E-state index is 0.163. The van der Waals surface area contributed by atoms with Crippen molar-refractivity contribution in [2.45, 2.75) is 0 Å². The van der Waals surface area contributed by atoms with Crippen LogP contribution in [0.15, 0.2) is 78.9 Å². The average molecular weight is 320 g/mol. The van der Waals surface area contributed by atoms with Crippen molar-refractivity contribution in [1.82, 2.24) is 0 Å². The van der Waals surface area contributed by atoms with Gasteiger partial charge >= 0.3 is 5.97 Å². The maximum atomic E-state index is 12.9. The SMILES string of the molecule is O=C(Oc1ccc(F)cc1)c1ccccc1C(=O)c1ccccc1. The molecule has 3 aromatic carbocycles. The second-order valence-electron chi connectivity index (χ2n) is 5.08. The number of hydrogen-bond acceptors (Lipinski definition) is 3. The number of halogens is 1. The Bertz CT molecular complexity index is 871. The van der Waals surface area contributed by atoms with Gasteiger partial charge in [0.2, 0.25) is 0 Å². The van der Waals surface area contributed by atoms with Crippen LogP contribution in [0.4, 0.5) is 4.39 Å². The third kappa shape index (κ3) is 3.38. The fourth-order valence-corrected chi connectivity index (χ4v) is 2.27. The van der Waals surface area contributed by atoms with Crippen LogP contribution in [0.1, 0.15) is 26.3 Å². The van der Waals surface area contributed by atoms with E-state index in [1.54, 1.807) is 42.5 Å². The van der Waals surface area contributed by atoms with Gasteiger partial charge < -0.3 is 4.74 Å². The molecule has 118 valence electrons.